The fraction of sp³-hybridized carbons (Fsp3) is 0.235. The Morgan fingerprint density at radius 3 is 2.92 bits per heavy atom. The molecule has 124 valence electrons. The topological polar surface area (TPSA) is 64.7 Å². The lowest BCUT2D eigenvalue weighted by molar-refractivity contribution is 0.0950. The number of carbonyl (C=O) groups excluding carboxylic acids is 1. The normalized spacial score (nSPS) is 10.8. The van der Waals surface area contributed by atoms with Gasteiger partial charge in [-0.1, -0.05) is 12.1 Å². The molecule has 1 amide bonds. The SMILES string of the molecule is CCn1nccc1CNC(=O)c1cccc(Cn2cc(Br)cn2)c1. The van der Waals surface area contributed by atoms with Gasteiger partial charge in [-0.15, -0.1) is 0 Å². The van der Waals surface area contributed by atoms with Crippen molar-refractivity contribution < 1.29 is 4.79 Å². The van der Waals surface area contributed by atoms with Crippen LogP contribution in [0.2, 0.25) is 0 Å². The third-order valence-corrected chi connectivity index (χ3v) is 4.08. The van der Waals surface area contributed by atoms with E-state index in [2.05, 4.69) is 31.4 Å². The Hall–Kier alpha value is -2.41. The van der Waals surface area contributed by atoms with E-state index in [1.54, 1.807) is 12.4 Å². The summed E-state index contributed by atoms with van der Waals surface area (Å²) in [5, 5.41) is 11.4. The van der Waals surface area contributed by atoms with Crippen molar-refractivity contribution in [3.8, 4) is 0 Å². The highest BCUT2D eigenvalue weighted by molar-refractivity contribution is 9.10. The third-order valence-electron chi connectivity index (χ3n) is 3.67. The number of aryl methyl sites for hydroxylation is 1. The number of hydrogen-bond acceptors (Lipinski definition) is 3. The van der Waals surface area contributed by atoms with Crippen molar-refractivity contribution in [2.24, 2.45) is 0 Å². The van der Waals surface area contributed by atoms with Gasteiger partial charge in [-0.3, -0.25) is 14.2 Å². The van der Waals surface area contributed by atoms with E-state index in [1.807, 2.05) is 52.8 Å². The van der Waals surface area contributed by atoms with Gasteiger partial charge in [-0.2, -0.15) is 10.2 Å². The van der Waals surface area contributed by atoms with Gasteiger partial charge in [-0.05, 0) is 46.6 Å². The number of carbonyl (C=O) groups is 1. The predicted octanol–water partition coefficient (Wildman–Crippen LogP) is 2.84. The van der Waals surface area contributed by atoms with E-state index in [0.29, 0.717) is 18.7 Å². The number of nitrogens with zero attached hydrogens (tertiary/aromatic N) is 4. The predicted molar refractivity (Wildman–Crippen MR) is 94.5 cm³/mol. The first-order chi connectivity index (χ1) is 11.7. The Labute approximate surface area is 148 Å². The van der Waals surface area contributed by atoms with Crippen LogP contribution in [0.3, 0.4) is 0 Å². The molecule has 0 fully saturated rings. The van der Waals surface area contributed by atoms with E-state index >= 15 is 0 Å². The maximum atomic E-state index is 12.4. The van der Waals surface area contributed by atoms with Gasteiger partial charge in [0.25, 0.3) is 5.91 Å². The zero-order chi connectivity index (χ0) is 16.9. The highest BCUT2D eigenvalue weighted by Crippen LogP contribution is 2.11. The Morgan fingerprint density at radius 2 is 2.17 bits per heavy atom. The zero-order valence-corrected chi connectivity index (χ0v) is 14.9. The fourth-order valence-electron chi connectivity index (χ4n) is 2.49. The first-order valence-corrected chi connectivity index (χ1v) is 8.51. The third kappa shape index (κ3) is 3.91. The average molecular weight is 388 g/mol. The molecular formula is C17H18BrN5O. The van der Waals surface area contributed by atoms with Gasteiger partial charge in [0.1, 0.15) is 0 Å². The number of aromatic nitrogens is 4. The summed E-state index contributed by atoms with van der Waals surface area (Å²) in [5.41, 5.74) is 2.65. The first-order valence-electron chi connectivity index (χ1n) is 7.71. The maximum Gasteiger partial charge on any atom is 0.251 e. The van der Waals surface area contributed by atoms with Crippen LogP contribution in [0.25, 0.3) is 0 Å². The second kappa shape index (κ2) is 7.44. The molecule has 0 spiro atoms. The highest BCUT2D eigenvalue weighted by Gasteiger charge is 2.08. The van der Waals surface area contributed by atoms with Gasteiger partial charge in [0.2, 0.25) is 0 Å². The quantitative estimate of drug-likeness (QED) is 0.706. The monoisotopic (exact) mass is 387 g/mol. The minimum Gasteiger partial charge on any atom is -0.346 e. The standard InChI is InChI=1S/C17H18BrN5O/c1-2-23-16(6-7-20-23)10-19-17(24)14-5-3-4-13(8-14)11-22-12-15(18)9-21-22/h3-9,12H,2,10-11H2,1H3,(H,19,24). The highest BCUT2D eigenvalue weighted by atomic mass is 79.9. The van der Waals surface area contributed by atoms with Crippen molar-refractivity contribution in [3.63, 3.8) is 0 Å². The van der Waals surface area contributed by atoms with Crippen LogP contribution in [0.5, 0.6) is 0 Å². The Morgan fingerprint density at radius 1 is 1.29 bits per heavy atom. The van der Waals surface area contributed by atoms with E-state index < -0.39 is 0 Å². The molecule has 0 saturated heterocycles. The summed E-state index contributed by atoms with van der Waals surface area (Å²) in [6.07, 6.45) is 5.39. The largest absolute Gasteiger partial charge is 0.346 e. The maximum absolute atomic E-state index is 12.4. The van der Waals surface area contributed by atoms with Crippen molar-refractivity contribution in [2.45, 2.75) is 26.6 Å². The zero-order valence-electron chi connectivity index (χ0n) is 13.3. The summed E-state index contributed by atoms with van der Waals surface area (Å²) in [5.74, 6) is -0.0950. The molecule has 0 radical (unpaired) electrons. The van der Waals surface area contributed by atoms with Crippen LogP contribution in [0, 0.1) is 0 Å². The molecular weight excluding hydrogens is 370 g/mol. The molecule has 2 heterocycles. The molecule has 2 aromatic heterocycles. The summed E-state index contributed by atoms with van der Waals surface area (Å²) in [4.78, 5) is 12.4. The van der Waals surface area contributed by atoms with Crippen LogP contribution in [0.4, 0.5) is 0 Å². The van der Waals surface area contributed by atoms with Crippen LogP contribution in [0.15, 0.2) is 53.4 Å². The number of benzene rings is 1. The summed E-state index contributed by atoms with van der Waals surface area (Å²) in [7, 11) is 0. The van der Waals surface area contributed by atoms with Crippen LogP contribution >= 0.6 is 15.9 Å². The van der Waals surface area contributed by atoms with Gasteiger partial charge >= 0.3 is 0 Å². The van der Waals surface area contributed by atoms with Crippen LogP contribution < -0.4 is 5.32 Å². The van der Waals surface area contributed by atoms with Crippen molar-refractivity contribution in [1.82, 2.24) is 24.9 Å². The van der Waals surface area contributed by atoms with E-state index in [1.165, 1.54) is 0 Å². The minimum atomic E-state index is -0.0950. The van der Waals surface area contributed by atoms with Gasteiger partial charge in [0.15, 0.2) is 0 Å². The molecule has 0 aliphatic rings. The molecule has 0 bridgehead atoms. The summed E-state index contributed by atoms with van der Waals surface area (Å²) >= 11 is 3.38. The van der Waals surface area contributed by atoms with E-state index in [-0.39, 0.29) is 5.91 Å². The van der Waals surface area contributed by atoms with Gasteiger partial charge in [0.05, 0.1) is 29.5 Å². The van der Waals surface area contributed by atoms with Gasteiger partial charge in [-0.25, -0.2) is 0 Å². The molecule has 1 N–H and O–H groups in total. The molecule has 0 saturated carbocycles. The molecule has 0 aliphatic heterocycles. The molecule has 24 heavy (non-hydrogen) atoms. The lowest BCUT2D eigenvalue weighted by Crippen LogP contribution is -2.24. The summed E-state index contributed by atoms with van der Waals surface area (Å²) in [6.45, 7) is 3.89. The molecule has 3 rings (SSSR count). The molecule has 0 atom stereocenters. The number of nitrogens with one attached hydrogen (secondary N) is 1. The van der Waals surface area contributed by atoms with E-state index in [0.717, 1.165) is 22.3 Å². The molecule has 3 aromatic rings. The van der Waals surface area contributed by atoms with Crippen LogP contribution in [0.1, 0.15) is 28.5 Å². The molecule has 1 aromatic carbocycles. The molecule has 7 heteroatoms. The number of hydrogen-bond donors (Lipinski definition) is 1. The van der Waals surface area contributed by atoms with E-state index in [9.17, 15) is 4.79 Å². The lowest BCUT2D eigenvalue weighted by atomic mass is 10.1. The molecule has 0 unspecified atom stereocenters. The van der Waals surface area contributed by atoms with Gasteiger partial charge < -0.3 is 5.32 Å². The van der Waals surface area contributed by atoms with E-state index in [4.69, 9.17) is 0 Å². The fourth-order valence-corrected chi connectivity index (χ4v) is 2.82. The Kier molecular flexibility index (Phi) is 5.10. The first kappa shape index (κ1) is 16.4. The number of halogens is 1. The van der Waals surface area contributed by atoms with Crippen molar-refractivity contribution in [3.05, 3.63) is 70.2 Å². The minimum absolute atomic E-state index is 0.0950. The van der Waals surface area contributed by atoms with Gasteiger partial charge in [0, 0.05) is 24.5 Å². The van der Waals surface area contributed by atoms with Crippen molar-refractivity contribution >= 4 is 21.8 Å². The molecule has 0 aliphatic carbocycles. The molecule has 6 nitrogen and oxygen atoms in total. The number of amides is 1. The lowest BCUT2D eigenvalue weighted by Gasteiger charge is -2.08. The smallest absolute Gasteiger partial charge is 0.251 e. The summed E-state index contributed by atoms with van der Waals surface area (Å²) < 4.78 is 4.62. The average Bonchev–Trinajstić information content (AvgIpc) is 3.21. The van der Waals surface area contributed by atoms with Crippen LogP contribution in [-0.2, 0) is 19.6 Å². The van der Waals surface area contributed by atoms with Crippen molar-refractivity contribution in [1.29, 1.82) is 0 Å². The Balaban J connectivity index is 1.65. The van der Waals surface area contributed by atoms with Crippen molar-refractivity contribution in [2.75, 3.05) is 0 Å². The second-order valence-electron chi connectivity index (χ2n) is 5.38. The second-order valence-corrected chi connectivity index (χ2v) is 6.29. The number of rotatable bonds is 6. The summed E-state index contributed by atoms with van der Waals surface area (Å²) in [6, 6.07) is 9.49. The Bertz CT molecular complexity index is 839. The van der Waals surface area contributed by atoms with Crippen LogP contribution in [-0.4, -0.2) is 25.5 Å².